The molecule has 0 spiro atoms. The van der Waals surface area contributed by atoms with Crippen molar-refractivity contribution in [1.29, 1.82) is 0 Å². The normalized spacial score (nSPS) is 10.5. The Morgan fingerprint density at radius 2 is 2.27 bits per heavy atom. The molecule has 0 aliphatic carbocycles. The van der Waals surface area contributed by atoms with Crippen LogP contribution in [0.5, 0.6) is 5.06 Å². The van der Waals surface area contributed by atoms with Gasteiger partial charge in [-0.05, 0) is 12.1 Å². The van der Waals surface area contributed by atoms with Crippen molar-refractivity contribution in [3.8, 4) is 5.06 Å². The Hall–Kier alpha value is -0.620. The predicted octanol–water partition coefficient (Wildman–Crippen LogP) is 0.855. The first-order valence-electron chi connectivity index (χ1n) is 4.89. The first-order valence-corrected chi connectivity index (χ1v) is 5.70. The molecule has 4 nitrogen and oxygen atoms in total. The van der Waals surface area contributed by atoms with E-state index in [1.165, 1.54) is 4.88 Å². The quantitative estimate of drug-likeness (QED) is 0.651. The summed E-state index contributed by atoms with van der Waals surface area (Å²) in [5, 5.41) is 12.7. The second-order valence-corrected chi connectivity index (χ2v) is 4.07. The Bertz CT molecular complexity index is 265. The van der Waals surface area contributed by atoms with Crippen molar-refractivity contribution in [2.24, 2.45) is 0 Å². The molecule has 5 heteroatoms. The number of nitrogens with one attached hydrogen (secondary N) is 1. The van der Waals surface area contributed by atoms with Crippen LogP contribution in [0.2, 0.25) is 0 Å². The van der Waals surface area contributed by atoms with E-state index in [9.17, 15) is 0 Å². The maximum atomic E-state index is 8.47. The molecule has 1 heterocycles. The molecule has 1 rings (SSSR count). The van der Waals surface area contributed by atoms with E-state index in [-0.39, 0.29) is 6.61 Å². The van der Waals surface area contributed by atoms with E-state index in [4.69, 9.17) is 14.6 Å². The highest BCUT2D eigenvalue weighted by molar-refractivity contribution is 7.13. The third-order valence-electron chi connectivity index (χ3n) is 1.80. The molecule has 0 saturated heterocycles. The monoisotopic (exact) mass is 231 g/mol. The Morgan fingerprint density at radius 1 is 1.40 bits per heavy atom. The van der Waals surface area contributed by atoms with Gasteiger partial charge in [-0.15, -0.1) is 11.3 Å². The number of hydrogen-bond acceptors (Lipinski definition) is 5. The van der Waals surface area contributed by atoms with Gasteiger partial charge < -0.3 is 19.9 Å². The maximum Gasteiger partial charge on any atom is 0.173 e. The summed E-state index contributed by atoms with van der Waals surface area (Å²) in [5.41, 5.74) is 0. The van der Waals surface area contributed by atoms with Crippen molar-refractivity contribution in [1.82, 2.24) is 5.32 Å². The van der Waals surface area contributed by atoms with Gasteiger partial charge in [-0.1, -0.05) is 0 Å². The van der Waals surface area contributed by atoms with Crippen LogP contribution < -0.4 is 10.1 Å². The van der Waals surface area contributed by atoms with Crippen LogP contribution in [-0.4, -0.2) is 38.6 Å². The molecule has 15 heavy (non-hydrogen) atoms. The molecule has 0 fully saturated rings. The second-order valence-electron chi connectivity index (χ2n) is 2.94. The fraction of sp³-hybridized carbons (Fsp3) is 0.600. The van der Waals surface area contributed by atoms with Gasteiger partial charge >= 0.3 is 0 Å². The first-order chi connectivity index (χ1) is 7.36. The van der Waals surface area contributed by atoms with Gasteiger partial charge in [0.15, 0.2) is 5.06 Å². The molecule has 0 atom stereocenters. The van der Waals surface area contributed by atoms with Crippen molar-refractivity contribution in [2.75, 3.05) is 33.5 Å². The SMILES string of the molecule is COc1ccc(CNCCOCCO)s1. The van der Waals surface area contributed by atoms with Gasteiger partial charge in [-0.25, -0.2) is 0 Å². The Balaban J connectivity index is 2.04. The molecule has 1 aromatic heterocycles. The number of ether oxygens (including phenoxy) is 2. The van der Waals surface area contributed by atoms with E-state index in [0.29, 0.717) is 13.2 Å². The fourth-order valence-electron chi connectivity index (χ4n) is 1.09. The summed E-state index contributed by atoms with van der Waals surface area (Å²) >= 11 is 1.64. The Morgan fingerprint density at radius 3 is 2.93 bits per heavy atom. The number of rotatable bonds is 8. The summed E-state index contributed by atoms with van der Waals surface area (Å²) in [6.45, 7) is 2.75. The molecule has 0 bridgehead atoms. The molecule has 1 aromatic rings. The molecular formula is C10H17NO3S. The van der Waals surface area contributed by atoms with Crippen LogP contribution in [0.1, 0.15) is 4.88 Å². The van der Waals surface area contributed by atoms with Gasteiger partial charge in [-0.3, -0.25) is 0 Å². The van der Waals surface area contributed by atoms with Crippen molar-refractivity contribution in [2.45, 2.75) is 6.54 Å². The van der Waals surface area contributed by atoms with Gasteiger partial charge in [0.05, 0.1) is 26.9 Å². The van der Waals surface area contributed by atoms with Crippen LogP contribution in [0.25, 0.3) is 0 Å². The Labute approximate surface area is 93.8 Å². The minimum Gasteiger partial charge on any atom is -0.487 e. The highest BCUT2D eigenvalue weighted by Gasteiger charge is 1.98. The van der Waals surface area contributed by atoms with Gasteiger partial charge in [0, 0.05) is 18.0 Å². The van der Waals surface area contributed by atoms with Crippen molar-refractivity contribution in [3.05, 3.63) is 17.0 Å². The molecule has 0 radical (unpaired) electrons. The summed E-state index contributed by atoms with van der Waals surface area (Å²) in [6.07, 6.45) is 0. The number of aliphatic hydroxyl groups is 1. The topological polar surface area (TPSA) is 50.7 Å². The van der Waals surface area contributed by atoms with Crippen LogP contribution in [0.4, 0.5) is 0 Å². The number of aliphatic hydroxyl groups excluding tert-OH is 1. The molecule has 0 aliphatic heterocycles. The van der Waals surface area contributed by atoms with E-state index in [1.54, 1.807) is 18.4 Å². The van der Waals surface area contributed by atoms with E-state index < -0.39 is 0 Å². The zero-order valence-electron chi connectivity index (χ0n) is 8.86. The van der Waals surface area contributed by atoms with E-state index >= 15 is 0 Å². The molecule has 0 amide bonds. The van der Waals surface area contributed by atoms with Crippen molar-refractivity contribution < 1.29 is 14.6 Å². The summed E-state index contributed by atoms with van der Waals surface area (Å²) in [7, 11) is 1.67. The lowest BCUT2D eigenvalue weighted by atomic mass is 10.4. The van der Waals surface area contributed by atoms with E-state index in [2.05, 4.69) is 5.32 Å². The predicted molar refractivity (Wildman–Crippen MR) is 60.5 cm³/mol. The second kappa shape index (κ2) is 7.64. The number of methoxy groups -OCH3 is 1. The van der Waals surface area contributed by atoms with Crippen LogP contribution in [-0.2, 0) is 11.3 Å². The van der Waals surface area contributed by atoms with Crippen LogP contribution in [0.3, 0.4) is 0 Å². The zero-order valence-corrected chi connectivity index (χ0v) is 9.68. The molecular weight excluding hydrogens is 214 g/mol. The minimum atomic E-state index is 0.0854. The molecule has 0 unspecified atom stereocenters. The average Bonchev–Trinajstić information content (AvgIpc) is 2.71. The lowest BCUT2D eigenvalue weighted by Gasteiger charge is -2.03. The summed E-state index contributed by atoms with van der Waals surface area (Å²) in [4.78, 5) is 1.24. The molecule has 0 aromatic carbocycles. The van der Waals surface area contributed by atoms with Gasteiger partial charge in [0.2, 0.25) is 0 Å². The highest BCUT2D eigenvalue weighted by atomic mass is 32.1. The van der Waals surface area contributed by atoms with Gasteiger partial charge in [0.1, 0.15) is 0 Å². The van der Waals surface area contributed by atoms with Gasteiger partial charge in [-0.2, -0.15) is 0 Å². The largest absolute Gasteiger partial charge is 0.487 e. The van der Waals surface area contributed by atoms with E-state index in [0.717, 1.165) is 18.2 Å². The summed E-state index contributed by atoms with van der Waals surface area (Å²) in [6, 6.07) is 4.01. The van der Waals surface area contributed by atoms with Crippen molar-refractivity contribution >= 4 is 11.3 Å². The van der Waals surface area contributed by atoms with E-state index in [1.807, 2.05) is 12.1 Å². The smallest absolute Gasteiger partial charge is 0.173 e. The lowest BCUT2D eigenvalue weighted by molar-refractivity contribution is 0.0938. The fourth-order valence-corrected chi connectivity index (χ4v) is 1.87. The van der Waals surface area contributed by atoms with Crippen LogP contribution >= 0.6 is 11.3 Å². The zero-order chi connectivity index (χ0) is 10.9. The summed E-state index contributed by atoms with van der Waals surface area (Å²) in [5.74, 6) is 0. The van der Waals surface area contributed by atoms with Crippen LogP contribution in [0, 0.1) is 0 Å². The standard InChI is InChI=1S/C10H17NO3S/c1-13-10-3-2-9(15-10)8-11-4-6-14-7-5-12/h2-3,11-12H,4-8H2,1H3. The third-order valence-corrected chi connectivity index (χ3v) is 2.84. The first kappa shape index (κ1) is 12.4. The molecule has 0 aliphatic rings. The maximum absolute atomic E-state index is 8.47. The number of thiophene rings is 1. The average molecular weight is 231 g/mol. The van der Waals surface area contributed by atoms with Gasteiger partial charge in [0.25, 0.3) is 0 Å². The highest BCUT2D eigenvalue weighted by Crippen LogP contribution is 2.23. The third kappa shape index (κ3) is 5.13. The van der Waals surface area contributed by atoms with Crippen molar-refractivity contribution in [3.63, 3.8) is 0 Å². The molecule has 0 saturated carbocycles. The molecule has 86 valence electrons. The Kier molecular flexibility index (Phi) is 6.34. The molecule has 2 N–H and O–H groups in total. The summed E-state index contributed by atoms with van der Waals surface area (Å²) < 4.78 is 10.2. The van der Waals surface area contributed by atoms with Crippen LogP contribution in [0.15, 0.2) is 12.1 Å². The number of hydrogen-bond donors (Lipinski definition) is 2. The lowest BCUT2D eigenvalue weighted by Crippen LogP contribution is -2.19. The minimum absolute atomic E-state index is 0.0854.